The zero-order valence-electron chi connectivity index (χ0n) is 15.8. The van der Waals surface area contributed by atoms with Crippen LogP contribution in [0.2, 0.25) is 0 Å². The molecule has 0 N–H and O–H groups in total. The van der Waals surface area contributed by atoms with Crippen molar-refractivity contribution in [3.8, 4) is 0 Å². The Kier molecular flexibility index (Phi) is 17.0. The van der Waals surface area contributed by atoms with Gasteiger partial charge in [-0.05, 0) is 25.7 Å². The van der Waals surface area contributed by atoms with E-state index < -0.39 is 0 Å². The van der Waals surface area contributed by atoms with Crippen LogP contribution in [0.3, 0.4) is 0 Å². The van der Waals surface area contributed by atoms with E-state index in [9.17, 15) is 4.79 Å². The van der Waals surface area contributed by atoms with Crippen LogP contribution in [0.25, 0.3) is 0 Å². The van der Waals surface area contributed by atoms with Gasteiger partial charge in [-0.3, -0.25) is 4.79 Å². The highest BCUT2D eigenvalue weighted by Gasteiger charge is 2.02. The number of carbonyl (C=O) groups is 1. The van der Waals surface area contributed by atoms with Gasteiger partial charge in [0, 0.05) is 13.5 Å². The summed E-state index contributed by atoms with van der Waals surface area (Å²) in [6, 6.07) is 0. The van der Waals surface area contributed by atoms with Gasteiger partial charge in [-0.1, -0.05) is 75.5 Å². The van der Waals surface area contributed by atoms with Crippen LogP contribution >= 0.6 is 0 Å². The lowest BCUT2D eigenvalue weighted by atomic mass is 10.1. The van der Waals surface area contributed by atoms with Gasteiger partial charge in [0.2, 0.25) is 0 Å². The fourth-order valence-corrected chi connectivity index (χ4v) is 2.40. The Hall–Kier alpha value is -1.35. The van der Waals surface area contributed by atoms with Crippen LogP contribution in [-0.2, 0) is 14.3 Å². The summed E-state index contributed by atoms with van der Waals surface area (Å²) in [5, 5.41) is 0. The van der Waals surface area contributed by atoms with Crippen LogP contribution in [0, 0.1) is 0 Å². The normalized spacial score (nSPS) is 13.3. The quantitative estimate of drug-likeness (QED) is 0.165. The van der Waals surface area contributed by atoms with Gasteiger partial charge in [-0.2, -0.15) is 0 Å². The van der Waals surface area contributed by atoms with Gasteiger partial charge in [0.1, 0.15) is 0 Å². The van der Waals surface area contributed by atoms with Crippen molar-refractivity contribution in [2.75, 3.05) is 14.2 Å². The third-order valence-corrected chi connectivity index (χ3v) is 3.90. The maximum absolute atomic E-state index is 11.0. The van der Waals surface area contributed by atoms with Gasteiger partial charge in [0.25, 0.3) is 0 Å². The molecule has 0 aromatic carbocycles. The van der Waals surface area contributed by atoms with Gasteiger partial charge in [-0.25, -0.2) is 0 Å². The molecule has 0 aliphatic rings. The van der Waals surface area contributed by atoms with E-state index >= 15 is 0 Å². The Balaban J connectivity index is 3.61. The highest BCUT2D eigenvalue weighted by atomic mass is 16.5. The molecule has 138 valence electrons. The molecule has 0 saturated heterocycles. The predicted octanol–water partition coefficient (Wildman–Crippen LogP) is 5.76. The number of allylic oxidation sites excluding steroid dienone is 5. The van der Waals surface area contributed by atoms with E-state index in [-0.39, 0.29) is 12.1 Å². The van der Waals surface area contributed by atoms with E-state index in [1.165, 1.54) is 32.8 Å². The number of methoxy groups -OCH3 is 2. The average Bonchev–Trinajstić information content (AvgIpc) is 2.60. The summed E-state index contributed by atoms with van der Waals surface area (Å²) in [6.45, 7) is 2.14. The van der Waals surface area contributed by atoms with E-state index in [0.29, 0.717) is 6.42 Å². The molecule has 0 aliphatic heterocycles. The highest BCUT2D eigenvalue weighted by molar-refractivity contribution is 5.68. The molecule has 0 rings (SSSR count). The lowest BCUT2D eigenvalue weighted by molar-refractivity contribution is -0.140. The summed E-state index contributed by atoms with van der Waals surface area (Å²) in [7, 11) is 3.22. The van der Waals surface area contributed by atoms with Gasteiger partial charge >= 0.3 is 5.97 Å². The van der Waals surface area contributed by atoms with Gasteiger partial charge in [-0.15, -0.1) is 0 Å². The number of rotatable bonds is 15. The lowest BCUT2D eigenvalue weighted by Gasteiger charge is -2.10. The summed E-state index contributed by atoms with van der Waals surface area (Å²) in [4.78, 5) is 11.0. The van der Waals surface area contributed by atoms with Crippen molar-refractivity contribution in [1.29, 1.82) is 0 Å². The summed E-state index contributed by atoms with van der Waals surface area (Å²) in [5.74, 6) is -0.0971. The van der Waals surface area contributed by atoms with E-state index in [1.807, 2.05) is 0 Å². The van der Waals surface area contributed by atoms with Gasteiger partial charge in [0.05, 0.1) is 13.2 Å². The molecular formula is C21H36O3. The Morgan fingerprint density at radius 3 is 2.29 bits per heavy atom. The van der Waals surface area contributed by atoms with Crippen molar-refractivity contribution >= 4 is 5.97 Å². The fraction of sp³-hybridized carbons (Fsp3) is 0.667. The second-order valence-electron chi connectivity index (χ2n) is 5.94. The van der Waals surface area contributed by atoms with Crippen LogP contribution in [0.4, 0.5) is 0 Å². The van der Waals surface area contributed by atoms with Crippen LogP contribution in [0.5, 0.6) is 0 Å². The molecule has 0 saturated carbocycles. The van der Waals surface area contributed by atoms with E-state index in [2.05, 4.69) is 48.1 Å². The minimum Gasteiger partial charge on any atom is -0.469 e. The minimum absolute atomic E-state index is 0.0971. The van der Waals surface area contributed by atoms with Gasteiger partial charge in [0.15, 0.2) is 0 Å². The number of esters is 1. The minimum atomic E-state index is -0.0971. The van der Waals surface area contributed by atoms with Crippen molar-refractivity contribution in [3.63, 3.8) is 0 Å². The Morgan fingerprint density at radius 2 is 1.62 bits per heavy atom. The Bertz CT molecular complexity index is 369. The van der Waals surface area contributed by atoms with Crippen LogP contribution < -0.4 is 0 Å². The molecule has 1 unspecified atom stereocenters. The van der Waals surface area contributed by atoms with Crippen LogP contribution in [0.15, 0.2) is 36.5 Å². The molecule has 1 atom stereocenters. The highest BCUT2D eigenvalue weighted by Crippen LogP contribution is 2.12. The Morgan fingerprint density at radius 1 is 0.917 bits per heavy atom. The molecule has 0 spiro atoms. The predicted molar refractivity (Wildman–Crippen MR) is 102 cm³/mol. The number of hydrogen-bond acceptors (Lipinski definition) is 3. The molecule has 0 radical (unpaired) electrons. The second-order valence-corrected chi connectivity index (χ2v) is 5.94. The third kappa shape index (κ3) is 15.5. The number of unbranched alkanes of at least 4 members (excludes halogenated alkanes) is 5. The molecule has 0 fully saturated rings. The summed E-state index contributed by atoms with van der Waals surface area (Å²) in [5.41, 5.74) is 0. The maximum Gasteiger partial charge on any atom is 0.305 e. The molecule has 3 heteroatoms. The molecular weight excluding hydrogens is 300 g/mol. The topological polar surface area (TPSA) is 35.5 Å². The molecule has 0 aromatic heterocycles. The standard InChI is InChI=1S/C21H36O3/c1-4-5-6-7-8-11-14-17-20(23-2)18-15-12-9-10-13-16-19-21(22)24-3/h5-6,8,11,14,17,20H,4,7,9-10,12-13,15-16,18-19H2,1-3H3. The molecule has 0 amide bonds. The first kappa shape index (κ1) is 22.6. The monoisotopic (exact) mass is 336 g/mol. The number of ether oxygens (including phenoxy) is 2. The smallest absolute Gasteiger partial charge is 0.305 e. The van der Waals surface area contributed by atoms with E-state index in [0.717, 1.165) is 32.1 Å². The van der Waals surface area contributed by atoms with Crippen molar-refractivity contribution in [2.45, 2.75) is 77.2 Å². The first-order valence-corrected chi connectivity index (χ1v) is 9.32. The average molecular weight is 337 g/mol. The molecule has 0 heterocycles. The molecule has 3 nitrogen and oxygen atoms in total. The van der Waals surface area contributed by atoms with Crippen molar-refractivity contribution in [3.05, 3.63) is 36.5 Å². The van der Waals surface area contributed by atoms with E-state index in [4.69, 9.17) is 4.74 Å². The van der Waals surface area contributed by atoms with Crippen LogP contribution in [0.1, 0.15) is 71.1 Å². The molecule has 0 aliphatic carbocycles. The maximum atomic E-state index is 11.0. The summed E-state index contributed by atoms with van der Waals surface area (Å²) >= 11 is 0. The van der Waals surface area contributed by atoms with Gasteiger partial charge < -0.3 is 9.47 Å². The second kappa shape index (κ2) is 18.0. The Labute approximate surface area is 148 Å². The molecule has 24 heavy (non-hydrogen) atoms. The zero-order chi connectivity index (χ0) is 17.9. The fourth-order valence-electron chi connectivity index (χ4n) is 2.40. The van der Waals surface area contributed by atoms with Crippen molar-refractivity contribution in [2.24, 2.45) is 0 Å². The largest absolute Gasteiger partial charge is 0.469 e. The van der Waals surface area contributed by atoms with Crippen molar-refractivity contribution < 1.29 is 14.3 Å². The first-order valence-electron chi connectivity index (χ1n) is 9.32. The van der Waals surface area contributed by atoms with E-state index in [1.54, 1.807) is 7.11 Å². The number of hydrogen-bond donors (Lipinski definition) is 0. The summed E-state index contributed by atoms with van der Waals surface area (Å²) < 4.78 is 10.1. The SMILES string of the molecule is CCC=CCC=CC=CC(CCCCCCCCC(=O)OC)OC. The lowest BCUT2D eigenvalue weighted by Crippen LogP contribution is -2.06. The van der Waals surface area contributed by atoms with Crippen LogP contribution in [-0.4, -0.2) is 26.3 Å². The molecule has 0 aromatic rings. The number of carbonyl (C=O) groups excluding carboxylic acids is 1. The van der Waals surface area contributed by atoms with Crippen molar-refractivity contribution in [1.82, 2.24) is 0 Å². The zero-order valence-corrected chi connectivity index (χ0v) is 15.8. The molecule has 0 bridgehead atoms. The summed E-state index contributed by atoms with van der Waals surface area (Å²) in [6.07, 6.45) is 23.6. The first-order chi connectivity index (χ1) is 11.7. The third-order valence-electron chi connectivity index (χ3n) is 3.90.